The molecule has 1 aliphatic heterocycles. The number of carbonyl (C=O) groups excluding carboxylic acids is 1. The Hall–Kier alpha value is -1.87. The van der Waals surface area contributed by atoms with Gasteiger partial charge in [0.25, 0.3) is 0 Å². The number of carbonyl (C=O) groups is 1. The van der Waals surface area contributed by atoms with E-state index in [1.165, 1.54) is 17.6 Å². The number of nitrogens with zero attached hydrogens (tertiary/aromatic N) is 3. The van der Waals surface area contributed by atoms with Gasteiger partial charge in [0.1, 0.15) is 11.1 Å². The number of hydrogen-bond acceptors (Lipinski definition) is 7. The number of sulfone groups is 1. The van der Waals surface area contributed by atoms with Crippen LogP contribution in [0.4, 0.5) is 9.93 Å². The average molecular weight is 412 g/mol. The second-order valence-corrected chi connectivity index (χ2v) is 10.7. The lowest BCUT2D eigenvalue weighted by molar-refractivity contribution is 0.0263. The van der Waals surface area contributed by atoms with Crippen LogP contribution in [0.5, 0.6) is 0 Å². The number of fused-ring (bicyclic) bond motifs is 1. The molecule has 0 aliphatic carbocycles. The molecule has 1 amide bonds. The van der Waals surface area contributed by atoms with Crippen LogP contribution in [-0.2, 0) is 14.6 Å². The standard InChI is InChI=1S/C18H25N3O4S2/c1-18(2,3)25-17(22)21-10-6-9-20(11-12-21)16-19-15-13(26-16)7-5-8-14(15)27(4,23)24/h5,7-8H,6,9-12H2,1-4H3. The Kier molecular flexibility index (Phi) is 5.36. The van der Waals surface area contributed by atoms with E-state index in [9.17, 15) is 13.2 Å². The van der Waals surface area contributed by atoms with Crippen LogP contribution >= 0.6 is 11.3 Å². The Morgan fingerprint density at radius 2 is 1.93 bits per heavy atom. The van der Waals surface area contributed by atoms with Gasteiger partial charge in [0, 0.05) is 32.4 Å². The molecule has 9 heteroatoms. The summed E-state index contributed by atoms with van der Waals surface area (Å²) >= 11 is 1.48. The predicted octanol–water partition coefficient (Wildman–Crippen LogP) is 3.15. The molecule has 2 heterocycles. The van der Waals surface area contributed by atoms with Gasteiger partial charge < -0.3 is 14.5 Å². The van der Waals surface area contributed by atoms with Gasteiger partial charge in [-0.1, -0.05) is 17.4 Å². The highest BCUT2D eigenvalue weighted by Gasteiger charge is 2.26. The third kappa shape index (κ3) is 4.70. The molecule has 27 heavy (non-hydrogen) atoms. The van der Waals surface area contributed by atoms with Crippen molar-refractivity contribution in [2.45, 2.75) is 37.7 Å². The van der Waals surface area contributed by atoms with E-state index in [2.05, 4.69) is 9.88 Å². The van der Waals surface area contributed by atoms with E-state index in [0.29, 0.717) is 25.2 Å². The lowest BCUT2D eigenvalue weighted by Crippen LogP contribution is -2.39. The fraction of sp³-hybridized carbons (Fsp3) is 0.556. The summed E-state index contributed by atoms with van der Waals surface area (Å²) in [7, 11) is -3.34. The van der Waals surface area contributed by atoms with E-state index in [-0.39, 0.29) is 11.0 Å². The summed E-state index contributed by atoms with van der Waals surface area (Å²) in [6.07, 6.45) is 1.70. The summed E-state index contributed by atoms with van der Waals surface area (Å²) in [5.74, 6) is 0. The second kappa shape index (κ2) is 7.27. The van der Waals surface area contributed by atoms with Crippen molar-refractivity contribution in [3.05, 3.63) is 18.2 Å². The number of aromatic nitrogens is 1. The van der Waals surface area contributed by atoms with Gasteiger partial charge in [0.15, 0.2) is 15.0 Å². The van der Waals surface area contributed by atoms with E-state index < -0.39 is 15.4 Å². The maximum Gasteiger partial charge on any atom is 0.410 e. The summed E-state index contributed by atoms with van der Waals surface area (Å²) in [6.45, 7) is 8.13. The quantitative estimate of drug-likeness (QED) is 0.755. The predicted molar refractivity (Wildman–Crippen MR) is 107 cm³/mol. The minimum atomic E-state index is -3.34. The molecule has 0 bridgehead atoms. The Balaban J connectivity index is 1.79. The molecule has 0 radical (unpaired) electrons. The minimum Gasteiger partial charge on any atom is -0.444 e. The van der Waals surface area contributed by atoms with Crippen LogP contribution in [0, 0.1) is 0 Å². The molecular weight excluding hydrogens is 386 g/mol. The molecule has 2 aromatic rings. The Morgan fingerprint density at radius 3 is 2.59 bits per heavy atom. The van der Waals surface area contributed by atoms with E-state index >= 15 is 0 Å². The topological polar surface area (TPSA) is 79.8 Å². The Morgan fingerprint density at radius 1 is 1.19 bits per heavy atom. The molecule has 1 aliphatic rings. The zero-order valence-electron chi connectivity index (χ0n) is 16.1. The van der Waals surface area contributed by atoms with Crippen LogP contribution in [0.3, 0.4) is 0 Å². The van der Waals surface area contributed by atoms with Gasteiger partial charge in [-0.2, -0.15) is 0 Å². The van der Waals surface area contributed by atoms with Crippen molar-refractivity contribution >= 4 is 42.6 Å². The van der Waals surface area contributed by atoms with E-state index in [1.807, 2.05) is 26.8 Å². The van der Waals surface area contributed by atoms with E-state index in [4.69, 9.17) is 4.74 Å². The highest BCUT2D eigenvalue weighted by atomic mass is 32.2. The highest BCUT2D eigenvalue weighted by Crippen LogP contribution is 2.33. The molecule has 7 nitrogen and oxygen atoms in total. The lowest BCUT2D eigenvalue weighted by Gasteiger charge is -2.26. The number of thiazole rings is 1. The molecule has 1 aromatic carbocycles. The molecular formula is C18H25N3O4S2. The molecule has 1 saturated heterocycles. The van der Waals surface area contributed by atoms with Crippen molar-refractivity contribution in [1.29, 1.82) is 0 Å². The van der Waals surface area contributed by atoms with Crippen molar-refractivity contribution in [2.75, 3.05) is 37.3 Å². The summed E-state index contributed by atoms with van der Waals surface area (Å²) in [6, 6.07) is 5.22. The molecule has 0 saturated carbocycles. The SMILES string of the molecule is CC(C)(C)OC(=O)N1CCCN(c2nc3c(S(C)(=O)=O)cccc3s2)CC1. The lowest BCUT2D eigenvalue weighted by atomic mass is 10.2. The summed E-state index contributed by atoms with van der Waals surface area (Å²) < 4.78 is 30.3. The van der Waals surface area contributed by atoms with Gasteiger partial charge in [0.05, 0.1) is 9.60 Å². The molecule has 0 atom stereocenters. The molecule has 148 valence electrons. The minimum absolute atomic E-state index is 0.257. The van der Waals surface area contributed by atoms with Crippen molar-refractivity contribution < 1.29 is 17.9 Å². The van der Waals surface area contributed by atoms with Crippen LogP contribution in [0.25, 0.3) is 10.2 Å². The molecule has 1 fully saturated rings. The van der Waals surface area contributed by atoms with Crippen LogP contribution in [0.15, 0.2) is 23.1 Å². The maximum absolute atomic E-state index is 12.3. The van der Waals surface area contributed by atoms with Crippen LogP contribution < -0.4 is 4.90 Å². The number of para-hydroxylation sites is 1. The molecule has 0 spiro atoms. The zero-order valence-corrected chi connectivity index (χ0v) is 17.7. The van der Waals surface area contributed by atoms with Gasteiger partial charge in [-0.15, -0.1) is 0 Å². The van der Waals surface area contributed by atoms with Crippen molar-refractivity contribution in [1.82, 2.24) is 9.88 Å². The van der Waals surface area contributed by atoms with Gasteiger partial charge in [0.2, 0.25) is 0 Å². The Bertz CT molecular complexity index is 947. The first kappa shape index (κ1) is 19.9. The number of ether oxygens (including phenoxy) is 1. The largest absolute Gasteiger partial charge is 0.444 e. The third-order valence-electron chi connectivity index (χ3n) is 4.19. The van der Waals surface area contributed by atoms with Crippen LogP contribution in [0.2, 0.25) is 0 Å². The fourth-order valence-electron chi connectivity index (χ4n) is 2.96. The van der Waals surface area contributed by atoms with Gasteiger partial charge in [-0.05, 0) is 39.3 Å². The summed E-state index contributed by atoms with van der Waals surface area (Å²) in [5, 5.41) is 0.784. The number of anilines is 1. The van der Waals surface area contributed by atoms with Gasteiger partial charge in [-0.3, -0.25) is 0 Å². The number of rotatable bonds is 2. The van der Waals surface area contributed by atoms with Crippen LogP contribution in [0.1, 0.15) is 27.2 Å². The molecule has 0 N–H and O–H groups in total. The summed E-state index contributed by atoms with van der Waals surface area (Å²) in [4.78, 5) is 21.0. The average Bonchev–Trinajstić information content (AvgIpc) is 2.81. The van der Waals surface area contributed by atoms with E-state index in [0.717, 1.165) is 22.8 Å². The maximum atomic E-state index is 12.3. The molecule has 1 aromatic heterocycles. The zero-order chi connectivity index (χ0) is 19.8. The monoisotopic (exact) mass is 411 g/mol. The van der Waals surface area contributed by atoms with E-state index in [1.54, 1.807) is 17.0 Å². The van der Waals surface area contributed by atoms with Gasteiger partial charge in [-0.25, -0.2) is 18.2 Å². The number of hydrogen-bond donors (Lipinski definition) is 0. The highest BCUT2D eigenvalue weighted by molar-refractivity contribution is 7.91. The molecule has 0 unspecified atom stereocenters. The smallest absolute Gasteiger partial charge is 0.410 e. The van der Waals surface area contributed by atoms with Crippen LogP contribution in [-0.4, -0.2) is 62.4 Å². The normalized spacial score (nSPS) is 16.4. The first-order chi connectivity index (χ1) is 12.5. The third-order valence-corrected chi connectivity index (χ3v) is 6.40. The molecule has 3 rings (SSSR count). The van der Waals surface area contributed by atoms with Crippen molar-refractivity contribution in [3.8, 4) is 0 Å². The first-order valence-electron chi connectivity index (χ1n) is 8.87. The first-order valence-corrected chi connectivity index (χ1v) is 11.6. The second-order valence-electron chi connectivity index (χ2n) is 7.68. The number of amides is 1. The van der Waals surface area contributed by atoms with Crippen molar-refractivity contribution in [3.63, 3.8) is 0 Å². The number of benzene rings is 1. The Labute approximate surface area is 163 Å². The fourth-order valence-corrected chi connectivity index (χ4v) is 4.91. The van der Waals surface area contributed by atoms with Crippen molar-refractivity contribution in [2.24, 2.45) is 0 Å². The van der Waals surface area contributed by atoms with Gasteiger partial charge >= 0.3 is 6.09 Å². The summed E-state index contributed by atoms with van der Waals surface area (Å²) in [5.41, 5.74) is 0.00580.